The van der Waals surface area contributed by atoms with Crippen molar-refractivity contribution in [2.24, 2.45) is 15.3 Å². The second-order valence-corrected chi connectivity index (χ2v) is 10.3. The van der Waals surface area contributed by atoms with Crippen LogP contribution in [0.1, 0.15) is 6.92 Å². The molecule has 1 amide bonds. The average molecular weight is 567 g/mol. The summed E-state index contributed by atoms with van der Waals surface area (Å²) in [5.74, 6) is -0.782. The van der Waals surface area contributed by atoms with Crippen LogP contribution in [0.25, 0.3) is 10.8 Å². The molecule has 0 fully saturated rings. The van der Waals surface area contributed by atoms with Crippen LogP contribution in [0.4, 0.5) is 11.4 Å². The Hall–Kier alpha value is -1.23. The van der Waals surface area contributed by atoms with Crippen molar-refractivity contribution in [3.63, 3.8) is 0 Å². The van der Waals surface area contributed by atoms with Crippen molar-refractivity contribution in [2.45, 2.75) is 22.8 Å². The van der Waals surface area contributed by atoms with E-state index in [1.165, 1.54) is 19.1 Å². The Labute approximate surface area is 255 Å². The Morgan fingerprint density at radius 1 is 0.972 bits per heavy atom. The minimum atomic E-state index is -4.94. The first-order valence-corrected chi connectivity index (χ1v) is 12.6. The van der Waals surface area contributed by atoms with Crippen molar-refractivity contribution in [3.05, 3.63) is 59.6 Å². The summed E-state index contributed by atoms with van der Waals surface area (Å²) in [6.07, 6.45) is 0. The van der Waals surface area contributed by atoms with Crippen molar-refractivity contribution in [3.8, 4) is 0 Å². The minimum Gasteiger partial charge on any atom is -0.744 e. The molecule has 3 aromatic carbocycles. The van der Waals surface area contributed by atoms with E-state index in [0.717, 1.165) is 23.2 Å². The van der Waals surface area contributed by atoms with Gasteiger partial charge < -0.3 is 9.11 Å². The number of hydrogen-bond donors (Lipinski definition) is 0. The van der Waals surface area contributed by atoms with Crippen LogP contribution in [-0.2, 0) is 25.0 Å². The molecule has 0 N–H and O–H groups in total. The number of benzene rings is 3. The number of carbonyl (C=O) groups excluding carboxylic acids is 1. The van der Waals surface area contributed by atoms with Gasteiger partial charge in [0.15, 0.2) is 6.04 Å². The fourth-order valence-corrected chi connectivity index (χ4v) is 4.87. The van der Waals surface area contributed by atoms with Crippen LogP contribution >= 0.6 is 11.6 Å². The van der Waals surface area contributed by atoms with Crippen LogP contribution in [0, 0.1) is 0 Å². The maximum Gasteiger partial charge on any atom is 1.00 e. The molecule has 176 valence electrons. The normalized spacial score (nSPS) is 16.1. The number of anilines is 1. The molecule has 1 heterocycles. The molecular weight excluding hydrogens is 554 g/mol. The van der Waals surface area contributed by atoms with Crippen molar-refractivity contribution in [1.82, 2.24) is 0 Å². The number of rotatable bonds is 5. The van der Waals surface area contributed by atoms with Gasteiger partial charge in [0.2, 0.25) is 0 Å². The summed E-state index contributed by atoms with van der Waals surface area (Å²) in [7, 11) is -9.77. The summed E-state index contributed by atoms with van der Waals surface area (Å²) in [6.45, 7) is 1.44. The number of hydrogen-bond acceptors (Lipinski definition) is 10. The monoisotopic (exact) mass is 566 g/mol. The topological polar surface area (TPSA) is 172 Å². The number of carbonyl (C=O) groups is 1. The zero-order valence-electron chi connectivity index (χ0n) is 19.1. The van der Waals surface area contributed by atoms with E-state index < -0.39 is 42.0 Å². The Kier molecular flexibility index (Phi) is 10.0. The van der Waals surface area contributed by atoms with Gasteiger partial charge in [-0.3, -0.25) is 4.79 Å². The second-order valence-electron chi connectivity index (χ2n) is 7.17. The third-order valence-corrected chi connectivity index (χ3v) is 7.00. The third-order valence-electron chi connectivity index (χ3n) is 4.92. The van der Waals surface area contributed by atoms with Gasteiger partial charge in [-0.1, -0.05) is 41.9 Å². The standard InChI is InChI=1S/C20H15ClN4O7S2.2Na/c1-11-18(20(26)25(24-11)17-10-13(33(27,28)29)7-8-15(17)21)23-22-16-9-6-12-4-2-3-5-14(12)19(16)34(30,31)32;;/h2-10,18H,1H3,(H,27,28,29)(H,30,31,32);;/q;2*+1/p-2. The maximum atomic E-state index is 12.9. The predicted molar refractivity (Wildman–Crippen MR) is 120 cm³/mol. The SMILES string of the molecule is CC1=NN(c2cc(S(=O)(=O)[O-])ccc2Cl)C(=O)C1N=Nc1ccc2ccccc2c1S(=O)(=O)[O-].[Na+].[Na+]. The van der Waals surface area contributed by atoms with E-state index in [1.807, 2.05) is 0 Å². The molecule has 16 heteroatoms. The summed E-state index contributed by atoms with van der Waals surface area (Å²) in [5, 5.41) is 13.1. The number of amides is 1. The number of halogens is 1. The summed E-state index contributed by atoms with van der Waals surface area (Å²) in [5.41, 5.74) is -0.285. The maximum absolute atomic E-state index is 12.9. The van der Waals surface area contributed by atoms with Crippen LogP contribution in [0.3, 0.4) is 0 Å². The smallest absolute Gasteiger partial charge is 0.744 e. The number of azo groups is 1. The van der Waals surface area contributed by atoms with Gasteiger partial charge in [0.05, 0.1) is 26.2 Å². The molecule has 11 nitrogen and oxygen atoms in total. The van der Waals surface area contributed by atoms with Crippen LogP contribution in [-0.4, -0.2) is 43.6 Å². The zero-order chi connectivity index (χ0) is 24.8. The Balaban J connectivity index is 0.00000228. The molecule has 0 aromatic heterocycles. The summed E-state index contributed by atoms with van der Waals surface area (Å²) >= 11 is 6.07. The van der Waals surface area contributed by atoms with Crippen molar-refractivity contribution in [2.75, 3.05) is 5.01 Å². The quantitative estimate of drug-likeness (QED) is 0.182. The van der Waals surface area contributed by atoms with Gasteiger partial charge in [0, 0.05) is 5.39 Å². The zero-order valence-corrected chi connectivity index (χ0v) is 25.5. The molecule has 0 spiro atoms. The third kappa shape index (κ3) is 6.25. The van der Waals surface area contributed by atoms with E-state index in [-0.39, 0.29) is 86.6 Å². The van der Waals surface area contributed by atoms with Crippen LogP contribution in [0.5, 0.6) is 0 Å². The first-order valence-electron chi connectivity index (χ1n) is 9.41. The molecule has 4 rings (SSSR count). The van der Waals surface area contributed by atoms with Crippen LogP contribution in [0.2, 0.25) is 5.02 Å². The van der Waals surface area contributed by atoms with Crippen LogP contribution < -0.4 is 64.1 Å². The van der Waals surface area contributed by atoms with E-state index in [9.17, 15) is 30.7 Å². The molecule has 0 bridgehead atoms. The van der Waals surface area contributed by atoms with E-state index in [1.54, 1.807) is 24.3 Å². The van der Waals surface area contributed by atoms with Gasteiger partial charge in [-0.15, -0.1) is 0 Å². The molecule has 1 unspecified atom stereocenters. The van der Waals surface area contributed by atoms with E-state index in [2.05, 4.69) is 15.3 Å². The number of fused-ring (bicyclic) bond motifs is 1. The van der Waals surface area contributed by atoms with Gasteiger partial charge in [0.25, 0.3) is 5.91 Å². The summed E-state index contributed by atoms with van der Waals surface area (Å²) < 4.78 is 69.8. The van der Waals surface area contributed by atoms with Gasteiger partial charge in [-0.2, -0.15) is 20.3 Å². The van der Waals surface area contributed by atoms with Crippen LogP contribution in [0.15, 0.2) is 79.7 Å². The van der Waals surface area contributed by atoms with E-state index in [0.29, 0.717) is 5.39 Å². The van der Waals surface area contributed by atoms with Gasteiger partial charge in [-0.05, 0) is 36.6 Å². The molecule has 1 aliphatic heterocycles. The molecule has 0 saturated heterocycles. The van der Waals surface area contributed by atoms with Crippen molar-refractivity contribution >= 4 is 65.6 Å². The molecule has 0 saturated carbocycles. The molecule has 0 aliphatic carbocycles. The van der Waals surface area contributed by atoms with Crippen molar-refractivity contribution < 1.29 is 89.9 Å². The largest absolute Gasteiger partial charge is 1.00 e. The predicted octanol–water partition coefficient (Wildman–Crippen LogP) is -2.82. The van der Waals surface area contributed by atoms with E-state index in [4.69, 9.17) is 11.6 Å². The second kappa shape index (κ2) is 11.7. The first kappa shape index (κ1) is 31.0. The Bertz CT molecular complexity index is 1630. The molecule has 3 aromatic rings. The Morgan fingerprint density at radius 2 is 1.64 bits per heavy atom. The minimum absolute atomic E-state index is 0. The van der Waals surface area contributed by atoms with Crippen molar-refractivity contribution in [1.29, 1.82) is 0 Å². The molecule has 0 radical (unpaired) electrons. The fourth-order valence-electron chi connectivity index (χ4n) is 3.36. The molecule has 36 heavy (non-hydrogen) atoms. The van der Waals surface area contributed by atoms with Gasteiger partial charge in [0.1, 0.15) is 25.9 Å². The van der Waals surface area contributed by atoms with Gasteiger partial charge in [-0.25, -0.2) is 16.8 Å². The Morgan fingerprint density at radius 3 is 2.28 bits per heavy atom. The summed E-state index contributed by atoms with van der Waals surface area (Å²) in [6, 6.07) is 10.9. The number of nitrogens with zero attached hydrogens (tertiary/aromatic N) is 4. The van der Waals surface area contributed by atoms with E-state index >= 15 is 0 Å². The molecule has 1 aliphatic rings. The van der Waals surface area contributed by atoms with Gasteiger partial charge >= 0.3 is 59.1 Å². The summed E-state index contributed by atoms with van der Waals surface area (Å²) in [4.78, 5) is 11.7. The first-order chi connectivity index (χ1) is 15.9. The molecule has 1 atom stereocenters. The molecular formula is C20H13ClN4Na2O7S2. The average Bonchev–Trinajstić information content (AvgIpc) is 3.03. The fraction of sp³-hybridized carbons (Fsp3) is 0.100. The number of hydrazone groups is 1.